The van der Waals surface area contributed by atoms with Crippen molar-refractivity contribution in [2.24, 2.45) is 0 Å². The molecule has 2 aromatic rings. The first-order chi connectivity index (χ1) is 14.1. The van der Waals surface area contributed by atoms with Gasteiger partial charge in [0.15, 0.2) is 9.84 Å². The lowest BCUT2D eigenvalue weighted by Gasteiger charge is -2.36. The summed E-state index contributed by atoms with van der Waals surface area (Å²) in [6.07, 6.45) is 1.18. The van der Waals surface area contributed by atoms with Crippen molar-refractivity contribution in [3.63, 3.8) is 0 Å². The summed E-state index contributed by atoms with van der Waals surface area (Å²) in [5, 5.41) is 12.3. The number of nitro groups is 1. The minimum absolute atomic E-state index is 0.0741. The standard InChI is InChI=1S/C19H19Cl2N3O5S/c1-30(28,29)14-3-5-17(18(12-14)24(26)27)22-6-8-23(9-7-22)19(25)11-13-2-4-15(20)16(21)10-13/h2-5,10,12H,6-9,11H2,1H3. The molecule has 1 heterocycles. The first-order valence-electron chi connectivity index (χ1n) is 9.01. The largest absolute Gasteiger partial charge is 0.362 e. The molecular formula is C19H19Cl2N3O5S. The van der Waals surface area contributed by atoms with Gasteiger partial charge >= 0.3 is 0 Å². The van der Waals surface area contributed by atoms with E-state index in [-0.39, 0.29) is 22.9 Å². The van der Waals surface area contributed by atoms with Gasteiger partial charge in [-0.1, -0.05) is 29.3 Å². The third-order valence-corrected chi connectivity index (χ3v) is 6.73. The van der Waals surface area contributed by atoms with Crippen LogP contribution >= 0.6 is 23.2 Å². The second-order valence-corrected chi connectivity index (χ2v) is 9.80. The zero-order chi connectivity index (χ0) is 22.1. The fourth-order valence-corrected chi connectivity index (χ4v) is 4.24. The van der Waals surface area contributed by atoms with Crippen LogP contribution in [0.25, 0.3) is 0 Å². The van der Waals surface area contributed by atoms with Crippen molar-refractivity contribution in [3.8, 4) is 0 Å². The number of nitrogens with zero attached hydrogens (tertiary/aromatic N) is 3. The van der Waals surface area contributed by atoms with Crippen LogP contribution in [0.15, 0.2) is 41.3 Å². The SMILES string of the molecule is CS(=O)(=O)c1ccc(N2CCN(C(=O)Cc3ccc(Cl)c(Cl)c3)CC2)c([N+](=O)[O-])c1. The number of anilines is 1. The van der Waals surface area contributed by atoms with E-state index < -0.39 is 14.8 Å². The van der Waals surface area contributed by atoms with Crippen molar-refractivity contribution < 1.29 is 18.1 Å². The molecule has 0 radical (unpaired) electrons. The van der Waals surface area contributed by atoms with Crippen molar-refractivity contribution in [1.29, 1.82) is 0 Å². The predicted octanol–water partition coefficient (Wildman–Crippen LogP) is 3.20. The summed E-state index contributed by atoms with van der Waals surface area (Å²) in [6, 6.07) is 8.93. The molecular weight excluding hydrogens is 453 g/mol. The topological polar surface area (TPSA) is 101 Å². The maximum atomic E-state index is 12.6. The molecule has 1 saturated heterocycles. The summed E-state index contributed by atoms with van der Waals surface area (Å²) in [4.78, 5) is 26.8. The van der Waals surface area contributed by atoms with Crippen molar-refractivity contribution >= 4 is 50.3 Å². The van der Waals surface area contributed by atoms with Crippen LogP contribution in [-0.2, 0) is 21.1 Å². The molecule has 30 heavy (non-hydrogen) atoms. The molecule has 0 atom stereocenters. The summed E-state index contributed by atoms with van der Waals surface area (Å²) < 4.78 is 23.4. The Hall–Kier alpha value is -2.36. The minimum atomic E-state index is -3.56. The second-order valence-electron chi connectivity index (χ2n) is 6.97. The molecule has 0 N–H and O–H groups in total. The van der Waals surface area contributed by atoms with Gasteiger partial charge in [-0.05, 0) is 29.8 Å². The Labute approximate surface area is 184 Å². The number of rotatable bonds is 5. The Morgan fingerprint density at radius 3 is 2.30 bits per heavy atom. The number of nitro benzene ring substituents is 1. The molecule has 1 aliphatic rings. The Morgan fingerprint density at radius 1 is 1.07 bits per heavy atom. The van der Waals surface area contributed by atoms with Gasteiger partial charge in [0, 0.05) is 38.5 Å². The lowest BCUT2D eigenvalue weighted by atomic mass is 10.1. The maximum Gasteiger partial charge on any atom is 0.293 e. The van der Waals surface area contributed by atoms with Crippen LogP contribution in [0.5, 0.6) is 0 Å². The van der Waals surface area contributed by atoms with Gasteiger partial charge in [-0.15, -0.1) is 0 Å². The van der Waals surface area contributed by atoms with Gasteiger partial charge in [0.2, 0.25) is 5.91 Å². The summed E-state index contributed by atoms with van der Waals surface area (Å²) in [6.45, 7) is 1.58. The van der Waals surface area contributed by atoms with E-state index in [0.29, 0.717) is 41.9 Å². The zero-order valence-corrected chi connectivity index (χ0v) is 18.4. The van der Waals surface area contributed by atoms with E-state index >= 15 is 0 Å². The summed E-state index contributed by atoms with van der Waals surface area (Å²) >= 11 is 11.9. The molecule has 0 bridgehead atoms. The number of hydrogen-bond acceptors (Lipinski definition) is 6. The van der Waals surface area contributed by atoms with Crippen molar-refractivity contribution in [2.75, 3.05) is 37.3 Å². The van der Waals surface area contributed by atoms with Crippen LogP contribution < -0.4 is 4.90 Å². The molecule has 1 amide bonds. The Balaban J connectivity index is 1.70. The van der Waals surface area contributed by atoms with Gasteiger partial charge in [0.1, 0.15) is 5.69 Å². The summed E-state index contributed by atoms with van der Waals surface area (Å²) in [7, 11) is -3.56. The Kier molecular flexibility index (Phi) is 6.54. The zero-order valence-electron chi connectivity index (χ0n) is 16.0. The van der Waals surface area contributed by atoms with Gasteiger partial charge in [0.05, 0.1) is 26.3 Å². The van der Waals surface area contributed by atoms with E-state index in [2.05, 4.69) is 0 Å². The number of sulfone groups is 1. The van der Waals surface area contributed by atoms with Crippen molar-refractivity contribution in [3.05, 3.63) is 62.1 Å². The van der Waals surface area contributed by atoms with Gasteiger partial charge in [-0.3, -0.25) is 14.9 Å². The average Bonchev–Trinajstić information content (AvgIpc) is 2.69. The van der Waals surface area contributed by atoms with E-state index in [4.69, 9.17) is 23.2 Å². The predicted molar refractivity (Wildman–Crippen MR) is 115 cm³/mol. The number of carbonyl (C=O) groups excluding carboxylic acids is 1. The van der Waals surface area contributed by atoms with E-state index in [1.54, 1.807) is 28.0 Å². The molecule has 8 nitrogen and oxygen atoms in total. The molecule has 2 aromatic carbocycles. The lowest BCUT2D eigenvalue weighted by molar-refractivity contribution is -0.384. The van der Waals surface area contributed by atoms with Crippen LogP contribution in [0.1, 0.15) is 5.56 Å². The molecule has 1 aliphatic heterocycles. The highest BCUT2D eigenvalue weighted by Gasteiger charge is 2.27. The molecule has 3 rings (SSSR count). The van der Waals surface area contributed by atoms with Crippen LogP contribution in [-0.4, -0.2) is 56.6 Å². The number of carbonyl (C=O) groups is 1. The lowest BCUT2D eigenvalue weighted by Crippen LogP contribution is -2.49. The maximum absolute atomic E-state index is 12.6. The average molecular weight is 472 g/mol. The molecule has 1 fully saturated rings. The minimum Gasteiger partial charge on any atom is -0.362 e. The molecule has 160 valence electrons. The van der Waals surface area contributed by atoms with Crippen molar-refractivity contribution in [2.45, 2.75) is 11.3 Å². The highest BCUT2D eigenvalue weighted by molar-refractivity contribution is 7.90. The molecule has 0 unspecified atom stereocenters. The highest BCUT2D eigenvalue weighted by Crippen LogP contribution is 2.31. The van der Waals surface area contributed by atoms with Gasteiger partial charge in [-0.2, -0.15) is 0 Å². The first kappa shape index (κ1) is 22.3. The first-order valence-corrected chi connectivity index (χ1v) is 11.7. The number of hydrogen-bond donors (Lipinski definition) is 0. The van der Waals surface area contributed by atoms with Crippen LogP contribution in [0.4, 0.5) is 11.4 Å². The van der Waals surface area contributed by atoms with Crippen LogP contribution in [0.3, 0.4) is 0 Å². The van der Waals surface area contributed by atoms with Crippen LogP contribution in [0, 0.1) is 10.1 Å². The third kappa shape index (κ3) is 5.03. The molecule has 0 aromatic heterocycles. The van der Waals surface area contributed by atoms with Gasteiger partial charge in [0.25, 0.3) is 5.69 Å². The number of benzene rings is 2. The summed E-state index contributed by atoms with van der Waals surface area (Å²) in [5.74, 6) is -0.0741. The van der Waals surface area contributed by atoms with E-state index in [0.717, 1.165) is 17.9 Å². The van der Waals surface area contributed by atoms with Crippen molar-refractivity contribution in [1.82, 2.24) is 4.90 Å². The Morgan fingerprint density at radius 2 is 1.73 bits per heavy atom. The molecule has 0 spiro atoms. The number of amides is 1. The fraction of sp³-hybridized carbons (Fsp3) is 0.316. The third-order valence-electron chi connectivity index (χ3n) is 4.88. The van der Waals surface area contributed by atoms with Gasteiger partial charge in [-0.25, -0.2) is 8.42 Å². The second kappa shape index (κ2) is 8.79. The smallest absolute Gasteiger partial charge is 0.293 e. The fourth-order valence-electron chi connectivity index (χ4n) is 3.28. The number of piperazine rings is 1. The molecule has 11 heteroatoms. The number of halogens is 2. The molecule has 0 saturated carbocycles. The van der Waals surface area contributed by atoms with Gasteiger partial charge < -0.3 is 9.80 Å². The van der Waals surface area contributed by atoms with E-state index in [9.17, 15) is 23.3 Å². The Bertz CT molecular complexity index is 1100. The normalized spacial score (nSPS) is 14.6. The monoisotopic (exact) mass is 471 g/mol. The quantitative estimate of drug-likeness (QED) is 0.490. The highest BCUT2D eigenvalue weighted by atomic mass is 35.5. The van der Waals surface area contributed by atoms with E-state index in [1.807, 2.05) is 0 Å². The molecule has 0 aliphatic carbocycles. The van der Waals surface area contributed by atoms with E-state index in [1.165, 1.54) is 12.1 Å². The van der Waals surface area contributed by atoms with Crippen LogP contribution in [0.2, 0.25) is 10.0 Å². The summed E-state index contributed by atoms with van der Waals surface area (Å²) in [5.41, 5.74) is 0.821.